The Balaban J connectivity index is 3.16. The van der Waals surface area contributed by atoms with E-state index in [0.29, 0.717) is 12.0 Å². The molecule has 0 fully saturated rings. The molecule has 0 aliphatic heterocycles. The Kier molecular flexibility index (Phi) is 4.83. The van der Waals surface area contributed by atoms with Crippen LogP contribution in [0.15, 0.2) is 29.2 Å². The van der Waals surface area contributed by atoms with Gasteiger partial charge in [-0.15, -0.1) is 0 Å². The van der Waals surface area contributed by atoms with Crippen molar-refractivity contribution in [2.45, 2.75) is 36.8 Å². The van der Waals surface area contributed by atoms with E-state index in [4.69, 9.17) is 5.11 Å². The van der Waals surface area contributed by atoms with Gasteiger partial charge in [-0.05, 0) is 18.6 Å². The zero-order valence-corrected chi connectivity index (χ0v) is 11.6. The summed E-state index contributed by atoms with van der Waals surface area (Å²) in [7, 11) is -3.91. The molecular weight excluding hydrogens is 268 g/mol. The first kappa shape index (κ1) is 15.4. The summed E-state index contributed by atoms with van der Waals surface area (Å²) < 4.78 is 24.2. The number of carboxylic acid groups (broad SMARTS) is 1. The van der Waals surface area contributed by atoms with Crippen LogP contribution in [0.5, 0.6) is 0 Å². The van der Waals surface area contributed by atoms with Gasteiger partial charge in [0.25, 0.3) is 0 Å². The second kappa shape index (κ2) is 5.97. The highest BCUT2D eigenvalue weighted by Gasteiger charge is 2.32. The summed E-state index contributed by atoms with van der Waals surface area (Å²) in [5, 5.41) is 7.46. The molecule has 104 valence electrons. The van der Waals surface area contributed by atoms with Crippen molar-refractivity contribution in [3.05, 3.63) is 29.8 Å². The van der Waals surface area contributed by atoms with E-state index in [9.17, 15) is 18.0 Å². The van der Waals surface area contributed by atoms with E-state index in [2.05, 4.69) is 0 Å². The van der Waals surface area contributed by atoms with Gasteiger partial charge >= 0.3 is 5.97 Å². The van der Waals surface area contributed by atoms with Crippen molar-refractivity contribution < 1.29 is 23.1 Å². The molecule has 0 aliphatic carbocycles. The molecule has 5 nitrogen and oxygen atoms in total. The molecule has 1 aromatic carbocycles. The lowest BCUT2D eigenvalue weighted by molar-refractivity contribution is -0.136. The van der Waals surface area contributed by atoms with Gasteiger partial charge in [0, 0.05) is 12.0 Å². The smallest absolute Gasteiger partial charge is 0.322 e. The minimum Gasteiger partial charge on any atom is -0.480 e. The number of hydrogen-bond acceptors (Lipinski definition) is 4. The van der Waals surface area contributed by atoms with Crippen LogP contribution in [0.3, 0.4) is 0 Å². The Hall–Kier alpha value is -1.69. The fraction of sp³-hybridized carbons (Fsp3) is 0.385. The summed E-state index contributed by atoms with van der Waals surface area (Å²) in [6, 6.07) is 5.38. The van der Waals surface area contributed by atoms with Crippen molar-refractivity contribution in [2.75, 3.05) is 0 Å². The maximum absolute atomic E-state index is 12.1. The largest absolute Gasteiger partial charge is 0.480 e. The Morgan fingerprint density at radius 1 is 1.16 bits per heavy atom. The Morgan fingerprint density at radius 3 is 2.05 bits per heavy atom. The third-order valence-electron chi connectivity index (χ3n) is 2.85. The quantitative estimate of drug-likeness (QED) is 0.806. The molecule has 1 N–H and O–H groups in total. The standard InChI is InChI=1S/C13H16O5S/c1-3-11(14)9-5-7-10(8-6-9)19(17,18)12(4-2)13(15)16/h5-8,12H,3-4H2,1-2H3,(H,15,16). The molecule has 0 radical (unpaired) electrons. The Bertz CT molecular complexity index is 572. The van der Waals surface area contributed by atoms with Gasteiger partial charge in [0.15, 0.2) is 20.9 Å². The van der Waals surface area contributed by atoms with Crippen LogP contribution in [-0.4, -0.2) is 30.5 Å². The summed E-state index contributed by atoms with van der Waals surface area (Å²) in [6.07, 6.45) is 0.326. The van der Waals surface area contributed by atoms with Crippen LogP contribution in [0.2, 0.25) is 0 Å². The van der Waals surface area contributed by atoms with Crippen molar-refractivity contribution in [1.82, 2.24) is 0 Å². The fourth-order valence-electron chi connectivity index (χ4n) is 1.73. The minimum atomic E-state index is -3.91. The second-order valence-electron chi connectivity index (χ2n) is 4.08. The molecule has 19 heavy (non-hydrogen) atoms. The monoisotopic (exact) mass is 284 g/mol. The number of Topliss-reactive ketones (excluding diaryl/α,β-unsaturated/α-hetero) is 1. The first-order chi connectivity index (χ1) is 8.84. The zero-order chi connectivity index (χ0) is 14.6. The molecule has 0 amide bonds. The zero-order valence-electron chi connectivity index (χ0n) is 10.8. The third kappa shape index (κ3) is 3.20. The van der Waals surface area contributed by atoms with Crippen LogP contribution < -0.4 is 0 Å². The number of aliphatic carboxylic acids is 1. The van der Waals surface area contributed by atoms with E-state index in [1.54, 1.807) is 6.92 Å². The van der Waals surface area contributed by atoms with E-state index in [1.165, 1.54) is 31.2 Å². The molecule has 1 atom stereocenters. The van der Waals surface area contributed by atoms with Crippen molar-refractivity contribution >= 4 is 21.6 Å². The first-order valence-corrected chi connectivity index (χ1v) is 7.49. The molecule has 0 aliphatic rings. The lowest BCUT2D eigenvalue weighted by Crippen LogP contribution is -2.29. The average molecular weight is 284 g/mol. The topological polar surface area (TPSA) is 88.5 Å². The number of benzene rings is 1. The highest BCUT2D eigenvalue weighted by atomic mass is 32.2. The molecule has 6 heteroatoms. The van der Waals surface area contributed by atoms with Gasteiger partial charge in [0.2, 0.25) is 0 Å². The van der Waals surface area contributed by atoms with E-state index >= 15 is 0 Å². The predicted octanol–water partition coefficient (Wildman–Crippen LogP) is 1.92. The van der Waals surface area contributed by atoms with Crippen molar-refractivity contribution in [3.8, 4) is 0 Å². The van der Waals surface area contributed by atoms with E-state index in [0.717, 1.165) is 0 Å². The lowest BCUT2D eigenvalue weighted by atomic mass is 10.1. The van der Waals surface area contributed by atoms with Crippen molar-refractivity contribution in [1.29, 1.82) is 0 Å². The molecular formula is C13H16O5S. The van der Waals surface area contributed by atoms with Gasteiger partial charge in [-0.2, -0.15) is 0 Å². The van der Waals surface area contributed by atoms with Gasteiger partial charge in [-0.1, -0.05) is 26.0 Å². The van der Waals surface area contributed by atoms with E-state index in [1.807, 2.05) is 0 Å². The SMILES string of the molecule is CCC(=O)c1ccc(S(=O)(=O)C(CC)C(=O)O)cc1. The van der Waals surface area contributed by atoms with Crippen LogP contribution in [0.1, 0.15) is 37.0 Å². The summed E-state index contributed by atoms with van der Waals surface area (Å²) >= 11 is 0. The maximum atomic E-state index is 12.1. The second-order valence-corrected chi connectivity index (χ2v) is 6.21. The van der Waals surface area contributed by atoms with Gasteiger partial charge in [0.1, 0.15) is 0 Å². The van der Waals surface area contributed by atoms with Crippen LogP contribution in [0.25, 0.3) is 0 Å². The highest BCUT2D eigenvalue weighted by Crippen LogP contribution is 2.19. The van der Waals surface area contributed by atoms with Gasteiger partial charge in [-0.25, -0.2) is 8.42 Å². The molecule has 0 saturated carbocycles. The summed E-state index contributed by atoms with van der Waals surface area (Å²) in [5.74, 6) is -1.45. The molecule has 1 unspecified atom stereocenters. The molecule has 0 saturated heterocycles. The fourth-order valence-corrected chi connectivity index (χ4v) is 3.27. The van der Waals surface area contributed by atoms with Crippen LogP contribution >= 0.6 is 0 Å². The molecule has 0 bridgehead atoms. The molecule has 0 heterocycles. The highest BCUT2D eigenvalue weighted by molar-refractivity contribution is 7.92. The van der Waals surface area contributed by atoms with Gasteiger partial charge < -0.3 is 5.11 Å². The predicted molar refractivity (Wildman–Crippen MR) is 70.0 cm³/mol. The van der Waals surface area contributed by atoms with Crippen LogP contribution in [-0.2, 0) is 14.6 Å². The van der Waals surface area contributed by atoms with Crippen molar-refractivity contribution in [2.24, 2.45) is 0 Å². The summed E-state index contributed by atoms with van der Waals surface area (Å²) in [5.41, 5.74) is 0.421. The molecule has 0 aromatic heterocycles. The molecule has 0 spiro atoms. The summed E-state index contributed by atoms with van der Waals surface area (Å²) in [4.78, 5) is 22.3. The number of sulfone groups is 1. The number of rotatable bonds is 6. The van der Waals surface area contributed by atoms with Crippen LogP contribution in [0, 0.1) is 0 Å². The normalized spacial score (nSPS) is 12.9. The van der Waals surface area contributed by atoms with Gasteiger partial charge in [-0.3, -0.25) is 9.59 Å². The Labute approximate surface area is 112 Å². The van der Waals surface area contributed by atoms with E-state index in [-0.39, 0.29) is 17.1 Å². The average Bonchev–Trinajstić information content (AvgIpc) is 2.38. The summed E-state index contributed by atoms with van der Waals surface area (Å²) in [6.45, 7) is 3.22. The number of carboxylic acids is 1. The number of ketones is 1. The van der Waals surface area contributed by atoms with Gasteiger partial charge in [0.05, 0.1) is 4.90 Å². The number of carbonyl (C=O) groups is 2. The van der Waals surface area contributed by atoms with Crippen LogP contribution in [0.4, 0.5) is 0 Å². The maximum Gasteiger partial charge on any atom is 0.322 e. The molecule has 1 rings (SSSR count). The third-order valence-corrected chi connectivity index (χ3v) is 5.06. The molecule has 1 aromatic rings. The minimum absolute atomic E-state index is 0.00664. The number of carbonyl (C=O) groups excluding carboxylic acids is 1. The van der Waals surface area contributed by atoms with E-state index < -0.39 is 21.1 Å². The number of hydrogen-bond donors (Lipinski definition) is 1. The van der Waals surface area contributed by atoms with Crippen molar-refractivity contribution in [3.63, 3.8) is 0 Å². The first-order valence-electron chi connectivity index (χ1n) is 5.94. The lowest BCUT2D eigenvalue weighted by Gasteiger charge is -2.11. The Morgan fingerprint density at radius 2 is 1.68 bits per heavy atom.